The highest BCUT2D eigenvalue weighted by molar-refractivity contribution is 5.87. The third kappa shape index (κ3) is 2.89. The summed E-state index contributed by atoms with van der Waals surface area (Å²) < 4.78 is 0. The number of carboxylic acids is 1. The summed E-state index contributed by atoms with van der Waals surface area (Å²) in [5.41, 5.74) is 3.78. The van der Waals surface area contributed by atoms with Gasteiger partial charge >= 0.3 is 5.97 Å². The first kappa shape index (κ1) is 13.6. The van der Waals surface area contributed by atoms with E-state index in [0.29, 0.717) is 12.5 Å². The first-order valence-electron chi connectivity index (χ1n) is 7.13. The zero-order chi connectivity index (χ0) is 14.8. The van der Waals surface area contributed by atoms with Crippen molar-refractivity contribution in [2.45, 2.75) is 19.9 Å². The zero-order valence-electron chi connectivity index (χ0n) is 12.0. The third-order valence-corrected chi connectivity index (χ3v) is 3.85. The summed E-state index contributed by atoms with van der Waals surface area (Å²) in [6.45, 7) is 3.92. The van der Waals surface area contributed by atoms with E-state index < -0.39 is 5.97 Å². The van der Waals surface area contributed by atoms with Crippen LogP contribution >= 0.6 is 0 Å². The van der Waals surface area contributed by atoms with Gasteiger partial charge in [0.05, 0.1) is 5.56 Å². The van der Waals surface area contributed by atoms with Crippen LogP contribution in [0.15, 0.2) is 42.7 Å². The molecule has 2 heterocycles. The molecular weight excluding hydrogens is 264 g/mol. The lowest BCUT2D eigenvalue weighted by Crippen LogP contribution is -2.33. The monoisotopic (exact) mass is 282 g/mol. The number of aromatic carboxylic acids is 1. The number of para-hydroxylation sites is 1. The van der Waals surface area contributed by atoms with Gasteiger partial charge in [-0.3, -0.25) is 4.98 Å². The minimum Gasteiger partial charge on any atom is -0.478 e. The second kappa shape index (κ2) is 5.56. The predicted molar refractivity (Wildman–Crippen MR) is 81.6 cm³/mol. The van der Waals surface area contributed by atoms with Gasteiger partial charge in [-0.1, -0.05) is 25.1 Å². The van der Waals surface area contributed by atoms with Crippen molar-refractivity contribution >= 4 is 11.7 Å². The van der Waals surface area contributed by atoms with E-state index in [0.717, 1.165) is 18.5 Å². The van der Waals surface area contributed by atoms with Gasteiger partial charge in [0.2, 0.25) is 0 Å². The molecule has 108 valence electrons. The SMILES string of the molecule is C[C@@H]1Cc2ccccc2N(Cc2cncc(C(=O)O)c2)C1. The number of carboxylic acid groups (broad SMARTS) is 1. The second-order valence-electron chi connectivity index (χ2n) is 5.71. The molecule has 4 heteroatoms. The van der Waals surface area contributed by atoms with Crippen molar-refractivity contribution < 1.29 is 9.90 Å². The van der Waals surface area contributed by atoms with E-state index in [2.05, 4.69) is 35.0 Å². The number of hydrogen-bond donors (Lipinski definition) is 1. The first-order valence-corrected chi connectivity index (χ1v) is 7.13. The third-order valence-electron chi connectivity index (χ3n) is 3.85. The quantitative estimate of drug-likeness (QED) is 0.940. The lowest BCUT2D eigenvalue weighted by molar-refractivity contribution is 0.0696. The van der Waals surface area contributed by atoms with E-state index in [1.54, 1.807) is 12.3 Å². The van der Waals surface area contributed by atoms with Crippen LogP contribution in [-0.4, -0.2) is 22.6 Å². The molecule has 1 aliphatic heterocycles. The lowest BCUT2D eigenvalue weighted by Gasteiger charge is -2.34. The maximum Gasteiger partial charge on any atom is 0.337 e. The van der Waals surface area contributed by atoms with E-state index in [-0.39, 0.29) is 5.56 Å². The van der Waals surface area contributed by atoms with Crippen LogP contribution in [-0.2, 0) is 13.0 Å². The van der Waals surface area contributed by atoms with Crippen LogP contribution in [0.2, 0.25) is 0 Å². The van der Waals surface area contributed by atoms with Crippen LogP contribution in [0.25, 0.3) is 0 Å². The van der Waals surface area contributed by atoms with Gasteiger partial charge in [-0.15, -0.1) is 0 Å². The van der Waals surface area contributed by atoms with Gasteiger partial charge in [-0.05, 0) is 35.6 Å². The average molecular weight is 282 g/mol. The number of rotatable bonds is 3. The number of aromatic nitrogens is 1. The largest absolute Gasteiger partial charge is 0.478 e. The first-order chi connectivity index (χ1) is 10.1. The summed E-state index contributed by atoms with van der Waals surface area (Å²) in [5, 5.41) is 9.06. The zero-order valence-corrected chi connectivity index (χ0v) is 12.0. The van der Waals surface area contributed by atoms with Crippen molar-refractivity contribution in [3.63, 3.8) is 0 Å². The molecule has 1 aromatic carbocycles. The molecule has 0 unspecified atom stereocenters. The molecule has 0 saturated heterocycles. The molecule has 1 N–H and O–H groups in total. The molecule has 0 spiro atoms. The Morgan fingerprint density at radius 2 is 2.19 bits per heavy atom. The molecule has 0 saturated carbocycles. The Labute approximate surface area is 124 Å². The highest BCUT2D eigenvalue weighted by Gasteiger charge is 2.21. The number of anilines is 1. The Hall–Kier alpha value is -2.36. The summed E-state index contributed by atoms with van der Waals surface area (Å²) in [6.07, 6.45) is 4.23. The van der Waals surface area contributed by atoms with Crippen LogP contribution in [0.3, 0.4) is 0 Å². The molecule has 0 amide bonds. The van der Waals surface area contributed by atoms with Crippen LogP contribution in [0.5, 0.6) is 0 Å². The molecule has 0 fully saturated rings. The minimum atomic E-state index is -0.934. The van der Waals surface area contributed by atoms with Crippen molar-refractivity contribution in [2.24, 2.45) is 5.92 Å². The summed E-state index contributed by atoms with van der Waals surface area (Å²) in [6, 6.07) is 10.1. The molecule has 2 aromatic rings. The molecule has 0 radical (unpaired) electrons. The van der Waals surface area contributed by atoms with Gasteiger partial charge in [0, 0.05) is 31.2 Å². The lowest BCUT2D eigenvalue weighted by atomic mass is 9.93. The summed E-state index contributed by atoms with van der Waals surface area (Å²) >= 11 is 0. The minimum absolute atomic E-state index is 0.242. The number of fused-ring (bicyclic) bond motifs is 1. The smallest absolute Gasteiger partial charge is 0.337 e. The van der Waals surface area contributed by atoms with Gasteiger partial charge in [0.25, 0.3) is 0 Å². The van der Waals surface area contributed by atoms with Crippen molar-refractivity contribution in [3.05, 3.63) is 59.4 Å². The predicted octanol–water partition coefficient (Wildman–Crippen LogP) is 2.98. The molecular formula is C17H18N2O2. The normalized spacial score (nSPS) is 17.4. The molecule has 4 nitrogen and oxygen atoms in total. The van der Waals surface area contributed by atoms with Crippen LogP contribution in [0.1, 0.15) is 28.4 Å². The van der Waals surface area contributed by atoms with E-state index in [4.69, 9.17) is 5.11 Å². The second-order valence-corrected chi connectivity index (χ2v) is 5.71. The molecule has 21 heavy (non-hydrogen) atoms. The number of benzene rings is 1. The molecule has 1 atom stereocenters. The van der Waals surface area contributed by atoms with Gasteiger partial charge in [0.15, 0.2) is 0 Å². The fourth-order valence-corrected chi connectivity index (χ4v) is 2.97. The Kier molecular flexibility index (Phi) is 3.60. The maximum absolute atomic E-state index is 11.0. The summed E-state index contributed by atoms with van der Waals surface area (Å²) in [5.74, 6) is -0.340. The van der Waals surface area contributed by atoms with E-state index in [1.807, 2.05) is 6.07 Å². The van der Waals surface area contributed by atoms with E-state index >= 15 is 0 Å². The Bertz CT molecular complexity index is 669. The van der Waals surface area contributed by atoms with Crippen LogP contribution in [0, 0.1) is 5.92 Å². The molecule has 0 bridgehead atoms. The average Bonchev–Trinajstić information content (AvgIpc) is 2.47. The Morgan fingerprint density at radius 1 is 1.38 bits per heavy atom. The van der Waals surface area contributed by atoms with Crippen molar-refractivity contribution in [1.29, 1.82) is 0 Å². The van der Waals surface area contributed by atoms with Crippen LogP contribution in [0.4, 0.5) is 5.69 Å². The molecule has 0 aliphatic carbocycles. The summed E-state index contributed by atoms with van der Waals surface area (Å²) in [7, 11) is 0. The maximum atomic E-state index is 11.0. The molecule has 1 aliphatic rings. The topological polar surface area (TPSA) is 53.4 Å². The van der Waals surface area contributed by atoms with Gasteiger partial charge in [-0.2, -0.15) is 0 Å². The molecule has 1 aromatic heterocycles. The van der Waals surface area contributed by atoms with Crippen molar-refractivity contribution in [3.8, 4) is 0 Å². The number of nitrogens with zero attached hydrogens (tertiary/aromatic N) is 2. The number of pyridine rings is 1. The number of hydrogen-bond acceptors (Lipinski definition) is 3. The van der Waals surface area contributed by atoms with E-state index in [1.165, 1.54) is 17.4 Å². The highest BCUT2D eigenvalue weighted by Crippen LogP contribution is 2.30. The van der Waals surface area contributed by atoms with Crippen LogP contribution < -0.4 is 4.90 Å². The van der Waals surface area contributed by atoms with E-state index in [9.17, 15) is 4.79 Å². The summed E-state index contributed by atoms with van der Waals surface area (Å²) in [4.78, 5) is 17.4. The van der Waals surface area contributed by atoms with Crippen molar-refractivity contribution in [2.75, 3.05) is 11.4 Å². The molecule has 3 rings (SSSR count). The number of carbonyl (C=O) groups is 1. The van der Waals surface area contributed by atoms with Gasteiger partial charge in [-0.25, -0.2) is 4.79 Å². The Morgan fingerprint density at radius 3 is 3.00 bits per heavy atom. The fraction of sp³-hybridized carbons (Fsp3) is 0.294. The van der Waals surface area contributed by atoms with Crippen molar-refractivity contribution in [1.82, 2.24) is 4.98 Å². The fourth-order valence-electron chi connectivity index (χ4n) is 2.97. The highest BCUT2D eigenvalue weighted by atomic mass is 16.4. The van der Waals surface area contributed by atoms with Gasteiger partial charge in [0.1, 0.15) is 0 Å². The standard InChI is InChI=1S/C17H18N2O2/c1-12-6-14-4-2-3-5-16(14)19(10-12)11-13-7-15(17(20)21)9-18-8-13/h2-5,7-9,12H,6,10-11H2,1H3,(H,20,21)/t12-/m1/s1. The Balaban J connectivity index is 1.88. The van der Waals surface area contributed by atoms with Gasteiger partial charge < -0.3 is 10.0 Å².